The summed E-state index contributed by atoms with van der Waals surface area (Å²) in [6, 6.07) is 4.17. The molecule has 1 heterocycles. The van der Waals surface area contributed by atoms with Crippen molar-refractivity contribution in [2.45, 2.75) is 43.0 Å². The van der Waals surface area contributed by atoms with Gasteiger partial charge in [0.2, 0.25) is 5.91 Å². The normalized spacial score (nSPS) is 29.0. The van der Waals surface area contributed by atoms with E-state index in [9.17, 15) is 4.79 Å². The van der Waals surface area contributed by atoms with Gasteiger partial charge < -0.3 is 11.1 Å². The molecule has 2 bridgehead atoms. The number of hydrogen-bond donors (Lipinski definition) is 2. The number of amides is 1. The average Bonchev–Trinajstić information content (AvgIpc) is 2.47. The van der Waals surface area contributed by atoms with Crippen LogP contribution >= 0.6 is 36.6 Å². The van der Waals surface area contributed by atoms with Crippen molar-refractivity contribution in [1.82, 2.24) is 4.98 Å². The molecule has 2 fully saturated rings. The summed E-state index contributed by atoms with van der Waals surface area (Å²) in [6.45, 7) is 0. The molecule has 1 aromatic rings. The number of halogens is 2. The summed E-state index contributed by atoms with van der Waals surface area (Å²) < 4.78 is 0. The molecular formula is C16H25Cl2N3OS. The highest BCUT2D eigenvalue weighted by atomic mass is 35.5. The number of pyridine rings is 1. The minimum absolute atomic E-state index is 0. The summed E-state index contributed by atoms with van der Waals surface area (Å²) in [5.74, 6) is 1.92. The quantitative estimate of drug-likeness (QED) is 0.787. The second-order valence-corrected chi connectivity index (χ2v) is 7.15. The molecule has 4 nitrogen and oxygen atoms in total. The molecular weight excluding hydrogens is 353 g/mol. The topological polar surface area (TPSA) is 68.0 Å². The van der Waals surface area contributed by atoms with Crippen LogP contribution in [0.5, 0.6) is 0 Å². The summed E-state index contributed by atoms with van der Waals surface area (Å²) >= 11 is 1.65. The first kappa shape index (κ1) is 20.6. The molecule has 0 aromatic carbocycles. The van der Waals surface area contributed by atoms with Crippen molar-refractivity contribution >= 4 is 48.3 Å². The molecule has 2 atom stereocenters. The van der Waals surface area contributed by atoms with Crippen LogP contribution in [0.4, 0.5) is 5.82 Å². The number of nitrogens with zero attached hydrogens (tertiary/aromatic N) is 1. The van der Waals surface area contributed by atoms with Crippen LogP contribution in [0.15, 0.2) is 23.2 Å². The number of nitrogens with two attached hydrogens (primary N) is 1. The van der Waals surface area contributed by atoms with Crippen LogP contribution in [-0.4, -0.2) is 23.2 Å². The van der Waals surface area contributed by atoms with Gasteiger partial charge in [0.15, 0.2) is 0 Å². The Hall–Kier alpha value is -0.490. The Balaban J connectivity index is 0.00000132. The van der Waals surface area contributed by atoms with Crippen molar-refractivity contribution in [3.63, 3.8) is 0 Å². The fraction of sp³-hybridized carbons (Fsp3) is 0.625. The van der Waals surface area contributed by atoms with Gasteiger partial charge in [-0.25, -0.2) is 4.98 Å². The number of anilines is 1. The zero-order chi connectivity index (χ0) is 14.8. The maximum absolute atomic E-state index is 12.5. The summed E-state index contributed by atoms with van der Waals surface area (Å²) in [6.07, 6.45) is 9.32. The number of carbonyl (C=O) groups is 1. The highest BCUT2D eigenvalue weighted by molar-refractivity contribution is 7.98. The van der Waals surface area contributed by atoms with Crippen LogP contribution in [0.25, 0.3) is 0 Å². The number of nitrogens with one attached hydrogen (secondary N) is 1. The number of hydrogen-bond acceptors (Lipinski definition) is 4. The molecule has 0 aliphatic heterocycles. The minimum Gasteiger partial charge on any atom is -0.327 e. The van der Waals surface area contributed by atoms with Crippen molar-refractivity contribution in [2.75, 3.05) is 11.6 Å². The molecule has 2 aliphatic carbocycles. The molecule has 1 amide bonds. The Morgan fingerprint density at radius 3 is 2.43 bits per heavy atom. The lowest BCUT2D eigenvalue weighted by Crippen LogP contribution is -2.48. The highest BCUT2D eigenvalue weighted by Crippen LogP contribution is 2.42. The Morgan fingerprint density at radius 1 is 1.26 bits per heavy atom. The van der Waals surface area contributed by atoms with E-state index in [0.29, 0.717) is 23.7 Å². The zero-order valence-corrected chi connectivity index (χ0v) is 15.7. The minimum atomic E-state index is 0. The van der Waals surface area contributed by atoms with Gasteiger partial charge in [0.25, 0.3) is 0 Å². The summed E-state index contributed by atoms with van der Waals surface area (Å²) in [5.41, 5.74) is 6.28. The van der Waals surface area contributed by atoms with Gasteiger partial charge in [-0.15, -0.1) is 36.6 Å². The number of thioether (sulfide) groups is 1. The Morgan fingerprint density at radius 2 is 1.91 bits per heavy atom. The molecule has 0 saturated heterocycles. The van der Waals surface area contributed by atoms with E-state index >= 15 is 0 Å². The fourth-order valence-corrected chi connectivity index (χ4v) is 4.17. The van der Waals surface area contributed by atoms with E-state index in [2.05, 4.69) is 10.3 Å². The number of rotatable bonds is 3. The highest BCUT2D eigenvalue weighted by Gasteiger charge is 2.40. The lowest BCUT2D eigenvalue weighted by molar-refractivity contribution is -0.122. The lowest BCUT2D eigenvalue weighted by Gasteiger charge is -2.43. The molecule has 2 saturated carbocycles. The number of carbonyl (C=O) groups excluding carboxylic acids is 1. The smallest absolute Gasteiger partial charge is 0.228 e. The largest absolute Gasteiger partial charge is 0.327 e. The molecule has 7 heteroatoms. The van der Waals surface area contributed by atoms with Crippen LogP contribution in [0, 0.1) is 17.8 Å². The van der Waals surface area contributed by atoms with E-state index in [0.717, 1.165) is 17.7 Å². The Labute approximate surface area is 154 Å². The first-order valence-electron chi connectivity index (χ1n) is 7.74. The molecule has 130 valence electrons. The van der Waals surface area contributed by atoms with E-state index in [1.807, 2.05) is 18.4 Å². The average molecular weight is 378 g/mol. The second-order valence-electron chi connectivity index (χ2n) is 6.27. The molecule has 3 N–H and O–H groups in total. The van der Waals surface area contributed by atoms with Gasteiger partial charge >= 0.3 is 0 Å². The van der Waals surface area contributed by atoms with Crippen molar-refractivity contribution in [2.24, 2.45) is 23.5 Å². The molecule has 2 unspecified atom stereocenters. The van der Waals surface area contributed by atoms with Crippen molar-refractivity contribution in [3.05, 3.63) is 18.3 Å². The lowest BCUT2D eigenvalue weighted by atomic mass is 9.65. The van der Waals surface area contributed by atoms with E-state index in [-0.39, 0.29) is 36.6 Å². The van der Waals surface area contributed by atoms with E-state index in [1.54, 1.807) is 18.0 Å². The van der Waals surface area contributed by atoms with Crippen LogP contribution < -0.4 is 11.1 Å². The van der Waals surface area contributed by atoms with Crippen LogP contribution in [0.3, 0.4) is 0 Å². The predicted molar refractivity (Wildman–Crippen MR) is 101 cm³/mol. The van der Waals surface area contributed by atoms with Gasteiger partial charge in [0.1, 0.15) is 5.82 Å². The maximum atomic E-state index is 12.5. The molecule has 1 aromatic heterocycles. The van der Waals surface area contributed by atoms with E-state index < -0.39 is 0 Å². The van der Waals surface area contributed by atoms with Gasteiger partial charge in [-0.05, 0) is 55.9 Å². The van der Waals surface area contributed by atoms with Crippen molar-refractivity contribution in [3.8, 4) is 0 Å². The Kier molecular flexibility index (Phi) is 8.14. The second kappa shape index (κ2) is 9.11. The summed E-state index contributed by atoms with van der Waals surface area (Å²) in [5, 5.41) is 2.97. The third-order valence-electron chi connectivity index (χ3n) is 5.01. The monoisotopic (exact) mass is 377 g/mol. The SMILES string of the molecule is CSc1ccc(NC(=O)C2CC3CCCC(C2)C3N)nc1.Cl.Cl. The number of fused-ring (bicyclic) bond motifs is 2. The van der Waals surface area contributed by atoms with E-state index in [1.165, 1.54) is 19.3 Å². The summed E-state index contributed by atoms with van der Waals surface area (Å²) in [7, 11) is 0. The first-order valence-corrected chi connectivity index (χ1v) is 8.96. The van der Waals surface area contributed by atoms with E-state index in [4.69, 9.17) is 5.73 Å². The predicted octanol–water partition coefficient (Wildman–Crippen LogP) is 3.74. The molecule has 3 rings (SSSR count). The van der Waals surface area contributed by atoms with Crippen LogP contribution in [0.1, 0.15) is 32.1 Å². The molecule has 0 spiro atoms. The number of aromatic nitrogens is 1. The fourth-order valence-electron chi connectivity index (χ4n) is 3.81. The zero-order valence-electron chi connectivity index (χ0n) is 13.2. The third kappa shape index (κ3) is 4.75. The Bertz CT molecular complexity index is 501. The third-order valence-corrected chi connectivity index (χ3v) is 5.72. The van der Waals surface area contributed by atoms with Crippen LogP contribution in [0.2, 0.25) is 0 Å². The first-order chi connectivity index (χ1) is 10.2. The molecule has 0 radical (unpaired) electrons. The summed E-state index contributed by atoms with van der Waals surface area (Å²) in [4.78, 5) is 17.9. The maximum Gasteiger partial charge on any atom is 0.228 e. The van der Waals surface area contributed by atoms with Crippen molar-refractivity contribution in [1.29, 1.82) is 0 Å². The standard InChI is InChI=1S/C16H23N3OS.2ClH/c1-21-13-5-6-14(18-9-13)19-16(20)12-7-10-3-2-4-11(8-12)15(10)17;;/h5-6,9-12,15H,2-4,7-8,17H2,1H3,(H,18,19,20);2*1H. The van der Waals surface area contributed by atoms with Gasteiger partial charge in [0.05, 0.1) is 0 Å². The van der Waals surface area contributed by atoms with Gasteiger partial charge in [0, 0.05) is 23.1 Å². The van der Waals surface area contributed by atoms with Gasteiger partial charge in [-0.2, -0.15) is 0 Å². The van der Waals surface area contributed by atoms with Crippen LogP contribution in [-0.2, 0) is 4.79 Å². The van der Waals surface area contributed by atoms with Gasteiger partial charge in [-0.3, -0.25) is 4.79 Å². The van der Waals surface area contributed by atoms with Crippen molar-refractivity contribution < 1.29 is 4.79 Å². The molecule has 23 heavy (non-hydrogen) atoms. The van der Waals surface area contributed by atoms with Gasteiger partial charge in [-0.1, -0.05) is 6.42 Å². The molecule has 2 aliphatic rings.